The highest BCUT2D eigenvalue weighted by Gasteiger charge is 2.40. The van der Waals surface area contributed by atoms with Crippen LogP contribution in [0.5, 0.6) is 0 Å². The Kier molecular flexibility index (Phi) is 2.23. The van der Waals surface area contributed by atoms with Crippen LogP contribution in [0.1, 0.15) is 18.4 Å². The van der Waals surface area contributed by atoms with E-state index < -0.39 is 0 Å². The van der Waals surface area contributed by atoms with Crippen LogP contribution in [0, 0.1) is 24.6 Å². The largest absolute Gasteiger partial charge is 0.381 e. The van der Waals surface area contributed by atoms with E-state index in [1.54, 1.807) is 6.07 Å². The zero-order valence-corrected chi connectivity index (χ0v) is 9.41. The minimum absolute atomic E-state index is 0.122. The first kappa shape index (κ1) is 9.88. The van der Waals surface area contributed by atoms with Crippen LogP contribution in [0.3, 0.4) is 0 Å². The van der Waals surface area contributed by atoms with Crippen molar-refractivity contribution in [3.05, 3.63) is 41.7 Å². The lowest BCUT2D eigenvalue weighted by molar-refractivity contribution is 0.218. The molecule has 3 atom stereocenters. The first-order valence-corrected chi connectivity index (χ1v) is 5.94. The van der Waals surface area contributed by atoms with Gasteiger partial charge in [0.05, 0.1) is 0 Å². The molecule has 2 heteroatoms. The number of anilines is 1. The van der Waals surface area contributed by atoms with E-state index in [0.29, 0.717) is 12.0 Å². The Morgan fingerprint density at radius 1 is 1.38 bits per heavy atom. The second kappa shape index (κ2) is 3.62. The number of rotatable bonds is 2. The molecule has 84 valence electrons. The Bertz CT molecular complexity index is 438. The third-order valence-corrected chi connectivity index (χ3v) is 3.97. The van der Waals surface area contributed by atoms with Gasteiger partial charge in [-0.15, -0.1) is 0 Å². The summed E-state index contributed by atoms with van der Waals surface area (Å²) in [6.45, 7) is 1.83. The second-order valence-electron chi connectivity index (χ2n) is 4.90. The van der Waals surface area contributed by atoms with Crippen molar-refractivity contribution in [1.82, 2.24) is 0 Å². The number of nitrogens with one attached hydrogen (secondary N) is 1. The third kappa shape index (κ3) is 1.44. The number of fused-ring (bicyclic) bond motifs is 1. The number of benzene rings is 1. The molecular formula is C14H16FN. The molecule has 0 aromatic heterocycles. The van der Waals surface area contributed by atoms with Crippen LogP contribution >= 0.6 is 0 Å². The van der Waals surface area contributed by atoms with Crippen LogP contribution in [0.25, 0.3) is 0 Å². The fourth-order valence-corrected chi connectivity index (χ4v) is 2.85. The van der Waals surface area contributed by atoms with Gasteiger partial charge in [0, 0.05) is 23.2 Å². The minimum Gasteiger partial charge on any atom is -0.381 e. The van der Waals surface area contributed by atoms with E-state index in [1.807, 2.05) is 13.0 Å². The fourth-order valence-electron chi connectivity index (χ4n) is 2.85. The van der Waals surface area contributed by atoms with Gasteiger partial charge in [0.25, 0.3) is 0 Å². The summed E-state index contributed by atoms with van der Waals surface area (Å²) in [5, 5.41) is 3.47. The van der Waals surface area contributed by atoms with Crippen molar-refractivity contribution < 1.29 is 4.39 Å². The molecule has 1 N–H and O–H groups in total. The van der Waals surface area contributed by atoms with Crippen LogP contribution in [0.4, 0.5) is 10.1 Å². The molecule has 0 saturated heterocycles. The van der Waals surface area contributed by atoms with Crippen LogP contribution in [0.15, 0.2) is 30.4 Å². The number of hydrogen-bond acceptors (Lipinski definition) is 1. The van der Waals surface area contributed by atoms with Gasteiger partial charge in [-0.25, -0.2) is 4.39 Å². The molecule has 2 aliphatic rings. The third-order valence-electron chi connectivity index (χ3n) is 3.97. The predicted molar refractivity (Wildman–Crippen MR) is 63.9 cm³/mol. The van der Waals surface area contributed by atoms with Crippen molar-refractivity contribution in [1.29, 1.82) is 0 Å². The van der Waals surface area contributed by atoms with Crippen molar-refractivity contribution in [3.63, 3.8) is 0 Å². The van der Waals surface area contributed by atoms with Crippen LogP contribution in [-0.2, 0) is 0 Å². The van der Waals surface area contributed by atoms with E-state index in [1.165, 1.54) is 18.9 Å². The summed E-state index contributed by atoms with van der Waals surface area (Å²) in [7, 11) is 0. The number of hydrogen-bond donors (Lipinski definition) is 1. The Morgan fingerprint density at radius 3 is 3.06 bits per heavy atom. The molecule has 3 unspecified atom stereocenters. The standard InChI is InChI=1S/C14H16FN/c1-9-12(15)6-3-7-13(9)16-14-8-10-4-2-5-11(10)14/h2-3,5-7,10-11,14,16H,4,8H2,1H3. The van der Waals surface area contributed by atoms with Gasteiger partial charge in [-0.1, -0.05) is 18.2 Å². The topological polar surface area (TPSA) is 12.0 Å². The summed E-state index contributed by atoms with van der Waals surface area (Å²) in [5.41, 5.74) is 1.68. The highest BCUT2D eigenvalue weighted by Crippen LogP contribution is 2.44. The van der Waals surface area contributed by atoms with Crippen LogP contribution in [-0.4, -0.2) is 6.04 Å². The van der Waals surface area contributed by atoms with Gasteiger partial charge in [-0.2, -0.15) is 0 Å². The number of halogens is 1. The summed E-state index contributed by atoms with van der Waals surface area (Å²) in [5.74, 6) is 1.39. The predicted octanol–water partition coefficient (Wildman–Crippen LogP) is 3.51. The summed E-state index contributed by atoms with van der Waals surface area (Å²) < 4.78 is 13.4. The molecule has 2 aliphatic carbocycles. The summed E-state index contributed by atoms with van der Waals surface area (Å²) in [4.78, 5) is 0. The Morgan fingerprint density at radius 2 is 2.25 bits per heavy atom. The van der Waals surface area contributed by atoms with E-state index in [0.717, 1.165) is 17.2 Å². The molecule has 0 aliphatic heterocycles. The highest BCUT2D eigenvalue weighted by molar-refractivity contribution is 5.52. The normalized spacial score (nSPS) is 31.0. The van der Waals surface area contributed by atoms with Crippen molar-refractivity contribution >= 4 is 5.69 Å². The Balaban J connectivity index is 1.75. The lowest BCUT2D eigenvalue weighted by Crippen LogP contribution is -2.43. The summed E-state index contributed by atoms with van der Waals surface area (Å²) in [6, 6.07) is 5.75. The molecule has 0 amide bonds. The molecule has 1 aromatic rings. The average molecular weight is 217 g/mol. The Labute approximate surface area is 95.4 Å². The van der Waals surface area contributed by atoms with E-state index in [2.05, 4.69) is 17.5 Å². The van der Waals surface area contributed by atoms with Crippen molar-refractivity contribution in [3.8, 4) is 0 Å². The molecule has 1 fully saturated rings. The van der Waals surface area contributed by atoms with E-state index in [9.17, 15) is 4.39 Å². The molecule has 1 saturated carbocycles. The summed E-state index contributed by atoms with van der Waals surface area (Å²) in [6.07, 6.45) is 7.02. The first-order valence-electron chi connectivity index (χ1n) is 5.94. The minimum atomic E-state index is -0.122. The lowest BCUT2D eigenvalue weighted by atomic mass is 9.71. The number of allylic oxidation sites excluding steroid dienone is 1. The van der Waals surface area contributed by atoms with Crippen molar-refractivity contribution in [2.45, 2.75) is 25.8 Å². The molecular weight excluding hydrogens is 201 g/mol. The summed E-state index contributed by atoms with van der Waals surface area (Å²) >= 11 is 0. The first-order chi connectivity index (χ1) is 7.75. The maximum Gasteiger partial charge on any atom is 0.128 e. The molecule has 3 rings (SSSR count). The Hall–Kier alpha value is -1.31. The van der Waals surface area contributed by atoms with E-state index in [-0.39, 0.29) is 5.82 Å². The maximum absolute atomic E-state index is 13.4. The molecule has 16 heavy (non-hydrogen) atoms. The highest BCUT2D eigenvalue weighted by atomic mass is 19.1. The zero-order chi connectivity index (χ0) is 11.1. The van der Waals surface area contributed by atoms with E-state index in [4.69, 9.17) is 0 Å². The average Bonchev–Trinajstić information content (AvgIpc) is 2.62. The maximum atomic E-state index is 13.4. The second-order valence-corrected chi connectivity index (χ2v) is 4.90. The van der Waals surface area contributed by atoms with Gasteiger partial charge in [0.15, 0.2) is 0 Å². The van der Waals surface area contributed by atoms with Gasteiger partial charge < -0.3 is 5.32 Å². The quantitative estimate of drug-likeness (QED) is 0.747. The zero-order valence-electron chi connectivity index (χ0n) is 9.41. The van der Waals surface area contributed by atoms with Gasteiger partial charge in [0.2, 0.25) is 0 Å². The molecule has 0 heterocycles. The lowest BCUT2D eigenvalue weighted by Gasteiger charge is -2.41. The molecule has 1 nitrogen and oxygen atoms in total. The van der Waals surface area contributed by atoms with Gasteiger partial charge in [-0.05, 0) is 37.8 Å². The van der Waals surface area contributed by atoms with Crippen molar-refractivity contribution in [2.75, 3.05) is 5.32 Å². The molecule has 0 bridgehead atoms. The SMILES string of the molecule is Cc1c(F)cccc1NC1CC2CC=CC21. The molecule has 0 spiro atoms. The monoisotopic (exact) mass is 217 g/mol. The van der Waals surface area contributed by atoms with Gasteiger partial charge in [-0.3, -0.25) is 0 Å². The molecule has 0 radical (unpaired) electrons. The van der Waals surface area contributed by atoms with Crippen LogP contribution in [0.2, 0.25) is 0 Å². The van der Waals surface area contributed by atoms with Crippen molar-refractivity contribution in [2.24, 2.45) is 11.8 Å². The van der Waals surface area contributed by atoms with E-state index >= 15 is 0 Å². The van der Waals surface area contributed by atoms with Gasteiger partial charge >= 0.3 is 0 Å². The van der Waals surface area contributed by atoms with Crippen LogP contribution < -0.4 is 5.32 Å². The fraction of sp³-hybridized carbons (Fsp3) is 0.429. The smallest absolute Gasteiger partial charge is 0.128 e. The van der Waals surface area contributed by atoms with Gasteiger partial charge in [0.1, 0.15) is 5.82 Å². The molecule has 1 aromatic carbocycles.